The molecule has 0 saturated heterocycles. The molecule has 1 unspecified atom stereocenters. The fourth-order valence-corrected chi connectivity index (χ4v) is 4.35. The Bertz CT molecular complexity index is 750. The fourth-order valence-electron chi connectivity index (χ4n) is 4.19. The van der Waals surface area contributed by atoms with Gasteiger partial charge in [0.05, 0.1) is 6.61 Å². The van der Waals surface area contributed by atoms with E-state index in [2.05, 4.69) is 48.5 Å². The summed E-state index contributed by atoms with van der Waals surface area (Å²) in [4.78, 5) is 11.8. The summed E-state index contributed by atoms with van der Waals surface area (Å²) in [5.41, 5.74) is 5.40. The van der Waals surface area contributed by atoms with Crippen LogP contribution in [-0.4, -0.2) is 16.4 Å². The van der Waals surface area contributed by atoms with Gasteiger partial charge in [0, 0.05) is 17.8 Å². The lowest BCUT2D eigenvalue weighted by Crippen LogP contribution is -2.36. The van der Waals surface area contributed by atoms with Crippen molar-refractivity contribution in [1.82, 2.24) is 0 Å². The number of ether oxygens (including phenoxy) is 1. The molecular formula is C19H15Cl3O2. The third-order valence-corrected chi connectivity index (χ3v) is 5.55. The molecule has 0 amide bonds. The number of carbonyl (C=O) groups is 1. The van der Waals surface area contributed by atoms with E-state index in [4.69, 9.17) is 39.5 Å². The lowest BCUT2D eigenvalue weighted by molar-refractivity contribution is -0.144. The molecule has 0 radical (unpaired) electrons. The molecule has 0 heterocycles. The first-order chi connectivity index (χ1) is 11.5. The quantitative estimate of drug-likeness (QED) is 0.528. The summed E-state index contributed by atoms with van der Waals surface area (Å²) >= 11 is 16.8. The number of fused-ring (bicyclic) bond motifs is 1. The molecule has 0 aliphatic heterocycles. The van der Waals surface area contributed by atoms with E-state index in [-0.39, 0.29) is 18.4 Å². The molecular weight excluding hydrogens is 367 g/mol. The second kappa shape index (κ2) is 5.94. The van der Waals surface area contributed by atoms with E-state index in [0.29, 0.717) is 5.92 Å². The molecule has 2 aromatic carbocycles. The molecule has 124 valence electrons. The van der Waals surface area contributed by atoms with Crippen LogP contribution in [0.2, 0.25) is 0 Å². The van der Waals surface area contributed by atoms with Crippen LogP contribution in [0.4, 0.5) is 0 Å². The van der Waals surface area contributed by atoms with E-state index < -0.39 is 9.76 Å². The van der Waals surface area contributed by atoms with Crippen LogP contribution in [0.25, 0.3) is 0 Å². The Morgan fingerprint density at radius 3 is 1.96 bits per heavy atom. The van der Waals surface area contributed by atoms with Gasteiger partial charge in [0.1, 0.15) is 0 Å². The second-order valence-electron chi connectivity index (χ2n) is 6.38. The SMILES string of the molecule is O=C(OCC1CC2c3ccccc3C1c1ccccc12)C(Cl)(Cl)Cl. The van der Waals surface area contributed by atoms with E-state index in [1.54, 1.807) is 0 Å². The third kappa shape index (κ3) is 2.61. The van der Waals surface area contributed by atoms with Crippen molar-refractivity contribution >= 4 is 40.8 Å². The molecule has 5 rings (SSSR count). The first kappa shape index (κ1) is 16.3. The van der Waals surface area contributed by atoms with Crippen LogP contribution in [0, 0.1) is 5.92 Å². The molecule has 5 heteroatoms. The van der Waals surface area contributed by atoms with E-state index >= 15 is 0 Å². The van der Waals surface area contributed by atoms with Crippen molar-refractivity contribution in [2.75, 3.05) is 6.61 Å². The Balaban J connectivity index is 1.67. The van der Waals surface area contributed by atoms with Gasteiger partial charge in [-0.05, 0) is 28.7 Å². The molecule has 3 aliphatic carbocycles. The molecule has 1 atom stereocenters. The van der Waals surface area contributed by atoms with Gasteiger partial charge in [-0.25, -0.2) is 4.79 Å². The average molecular weight is 382 g/mol. The average Bonchev–Trinajstić information content (AvgIpc) is 2.59. The van der Waals surface area contributed by atoms with Crippen molar-refractivity contribution < 1.29 is 9.53 Å². The summed E-state index contributed by atoms with van der Waals surface area (Å²) in [6.45, 7) is 0.260. The zero-order valence-electron chi connectivity index (χ0n) is 12.7. The molecule has 0 aromatic heterocycles. The number of alkyl halides is 3. The van der Waals surface area contributed by atoms with Gasteiger partial charge >= 0.3 is 5.97 Å². The molecule has 2 bridgehead atoms. The minimum Gasteiger partial charge on any atom is -0.462 e. The van der Waals surface area contributed by atoms with Gasteiger partial charge in [-0.3, -0.25) is 0 Å². The zero-order valence-corrected chi connectivity index (χ0v) is 15.0. The van der Waals surface area contributed by atoms with Crippen LogP contribution in [0.1, 0.15) is 40.5 Å². The van der Waals surface area contributed by atoms with Gasteiger partial charge in [-0.1, -0.05) is 83.3 Å². The van der Waals surface area contributed by atoms with Crippen LogP contribution >= 0.6 is 34.8 Å². The molecule has 3 aliphatic rings. The zero-order chi connectivity index (χ0) is 16.9. The maximum absolute atomic E-state index is 11.8. The first-order valence-corrected chi connectivity index (χ1v) is 9.02. The van der Waals surface area contributed by atoms with Crippen molar-refractivity contribution in [3.05, 3.63) is 70.8 Å². The van der Waals surface area contributed by atoms with Gasteiger partial charge in [-0.15, -0.1) is 0 Å². The Morgan fingerprint density at radius 2 is 1.46 bits per heavy atom. The first-order valence-electron chi connectivity index (χ1n) is 7.88. The number of hydrogen-bond donors (Lipinski definition) is 0. The van der Waals surface area contributed by atoms with Crippen molar-refractivity contribution in [1.29, 1.82) is 0 Å². The van der Waals surface area contributed by atoms with Crippen LogP contribution in [0.3, 0.4) is 0 Å². The van der Waals surface area contributed by atoms with E-state index in [1.165, 1.54) is 22.3 Å². The van der Waals surface area contributed by atoms with Crippen molar-refractivity contribution in [3.8, 4) is 0 Å². The largest absolute Gasteiger partial charge is 0.462 e. The number of rotatable bonds is 2. The highest BCUT2D eigenvalue weighted by molar-refractivity contribution is 6.75. The van der Waals surface area contributed by atoms with E-state index in [1.807, 2.05) is 0 Å². The molecule has 0 spiro atoms. The Kier molecular flexibility index (Phi) is 4.03. The Labute approximate surface area is 155 Å². The summed E-state index contributed by atoms with van der Waals surface area (Å²) in [6, 6.07) is 17.0. The summed E-state index contributed by atoms with van der Waals surface area (Å²) in [5.74, 6) is -0.0731. The molecule has 2 aromatic rings. The standard InChI is InChI=1S/C19H15Cl3O2/c20-19(21,22)18(23)24-10-11-9-16-12-5-1-3-7-14(12)17(11)15-8-4-2-6-13(15)16/h1-8,11,16-17H,9-10H2. The lowest BCUT2D eigenvalue weighted by atomic mass is 9.59. The molecule has 24 heavy (non-hydrogen) atoms. The molecule has 0 N–H and O–H groups in total. The lowest BCUT2D eigenvalue weighted by Gasteiger charge is -2.45. The predicted octanol–water partition coefficient (Wildman–Crippen LogP) is 5.20. The predicted molar refractivity (Wildman–Crippen MR) is 95.9 cm³/mol. The third-order valence-electron chi connectivity index (χ3n) is 5.08. The number of carbonyl (C=O) groups excluding carboxylic acids is 1. The summed E-state index contributed by atoms with van der Waals surface area (Å²) < 4.78 is 3.27. The van der Waals surface area contributed by atoms with Gasteiger partial charge in [0.15, 0.2) is 0 Å². The van der Waals surface area contributed by atoms with Gasteiger partial charge in [0.2, 0.25) is 0 Å². The summed E-state index contributed by atoms with van der Waals surface area (Å²) in [5, 5.41) is 0. The van der Waals surface area contributed by atoms with Crippen molar-refractivity contribution in [3.63, 3.8) is 0 Å². The maximum atomic E-state index is 11.8. The van der Waals surface area contributed by atoms with Gasteiger partial charge in [0.25, 0.3) is 3.79 Å². The minimum absolute atomic E-state index is 0.191. The monoisotopic (exact) mass is 380 g/mol. The van der Waals surface area contributed by atoms with Crippen molar-refractivity contribution in [2.24, 2.45) is 5.92 Å². The number of esters is 1. The highest BCUT2D eigenvalue weighted by Crippen LogP contribution is 2.55. The number of halogens is 3. The van der Waals surface area contributed by atoms with E-state index in [0.717, 1.165) is 6.42 Å². The normalized spacial score (nSPS) is 24.2. The van der Waals surface area contributed by atoms with Crippen LogP contribution in [0.15, 0.2) is 48.5 Å². The van der Waals surface area contributed by atoms with Crippen molar-refractivity contribution in [2.45, 2.75) is 22.0 Å². The van der Waals surface area contributed by atoms with Gasteiger partial charge in [-0.2, -0.15) is 0 Å². The highest BCUT2D eigenvalue weighted by Gasteiger charge is 2.44. The smallest absolute Gasteiger partial charge is 0.358 e. The molecule has 0 saturated carbocycles. The van der Waals surface area contributed by atoms with Crippen LogP contribution in [0.5, 0.6) is 0 Å². The fraction of sp³-hybridized carbons (Fsp3) is 0.316. The second-order valence-corrected chi connectivity index (χ2v) is 8.66. The van der Waals surface area contributed by atoms with Crippen LogP contribution < -0.4 is 0 Å². The molecule has 2 nitrogen and oxygen atoms in total. The Morgan fingerprint density at radius 1 is 0.958 bits per heavy atom. The Hall–Kier alpha value is -1.22. The van der Waals surface area contributed by atoms with E-state index in [9.17, 15) is 4.79 Å². The highest BCUT2D eigenvalue weighted by atomic mass is 35.6. The maximum Gasteiger partial charge on any atom is 0.358 e. The number of benzene rings is 2. The summed E-state index contributed by atoms with van der Waals surface area (Å²) in [7, 11) is 0. The van der Waals surface area contributed by atoms with Crippen LogP contribution in [-0.2, 0) is 9.53 Å². The topological polar surface area (TPSA) is 26.3 Å². The van der Waals surface area contributed by atoms with Gasteiger partial charge < -0.3 is 4.74 Å². The number of hydrogen-bond acceptors (Lipinski definition) is 2. The minimum atomic E-state index is -2.02. The molecule has 0 fully saturated rings. The summed E-state index contributed by atoms with van der Waals surface area (Å²) in [6.07, 6.45) is 0.936.